The molecule has 0 spiro atoms. The van der Waals surface area contributed by atoms with Crippen molar-refractivity contribution in [1.29, 1.82) is 0 Å². The van der Waals surface area contributed by atoms with Crippen LogP contribution in [-0.2, 0) is 38.8 Å². The van der Waals surface area contributed by atoms with Crippen LogP contribution in [0.4, 0.5) is 18.9 Å². The van der Waals surface area contributed by atoms with Crippen LogP contribution < -0.4 is 14.4 Å². The van der Waals surface area contributed by atoms with Crippen LogP contribution in [0.25, 0.3) is 0 Å². The van der Waals surface area contributed by atoms with Gasteiger partial charge in [-0.05, 0) is 66.4 Å². The van der Waals surface area contributed by atoms with E-state index in [2.05, 4.69) is 5.32 Å². The number of alkyl halides is 3. The monoisotopic (exact) mass is 727 g/mol. The summed E-state index contributed by atoms with van der Waals surface area (Å²) < 4.78 is 76.1. The molecule has 0 heterocycles. The number of ether oxygens (including phenoxy) is 1. The molecular weight excluding hydrogens is 691 g/mol. The molecule has 0 bridgehead atoms. The van der Waals surface area contributed by atoms with Crippen LogP contribution in [0.2, 0.25) is 5.02 Å². The molecule has 1 aliphatic rings. The van der Waals surface area contributed by atoms with E-state index in [1.54, 1.807) is 42.5 Å². The standard InChI is InChI=1S/C37H37ClF3N3O5S/c1-49-30-16-10-13-27(21-30)24-43(34(22-26-11-4-2-5-12-26)36(46)42-29-14-8-9-15-29)35(45)25-44(50(47,48)31-17-6-3-7-18-31)33-23-28(37(39,40)41)19-20-32(33)38/h2-7,10-13,16-21,23,29,34H,8-9,14-15,22,24-25H2,1H3,(H,42,46)/t34-/m0/s1. The highest BCUT2D eigenvalue weighted by molar-refractivity contribution is 7.92. The van der Waals surface area contributed by atoms with Gasteiger partial charge in [-0.1, -0.05) is 85.1 Å². The number of nitrogens with one attached hydrogen (secondary N) is 1. The molecule has 1 aliphatic carbocycles. The van der Waals surface area contributed by atoms with Crippen molar-refractivity contribution in [1.82, 2.24) is 10.2 Å². The van der Waals surface area contributed by atoms with Crippen LogP contribution in [0.5, 0.6) is 5.75 Å². The number of benzene rings is 4. The Hall–Kier alpha value is -4.55. The number of sulfonamides is 1. The third-order valence-electron chi connectivity index (χ3n) is 8.61. The minimum absolute atomic E-state index is 0.0881. The zero-order valence-corrected chi connectivity index (χ0v) is 28.8. The Balaban J connectivity index is 1.62. The third kappa shape index (κ3) is 8.97. The van der Waals surface area contributed by atoms with Crippen molar-refractivity contribution in [3.8, 4) is 5.75 Å². The maximum atomic E-state index is 14.7. The number of amides is 2. The van der Waals surface area contributed by atoms with Gasteiger partial charge >= 0.3 is 6.18 Å². The highest BCUT2D eigenvalue weighted by Gasteiger charge is 2.38. The van der Waals surface area contributed by atoms with Gasteiger partial charge in [-0.15, -0.1) is 0 Å². The molecule has 50 heavy (non-hydrogen) atoms. The minimum atomic E-state index is -4.83. The van der Waals surface area contributed by atoms with Crippen molar-refractivity contribution in [2.45, 2.75) is 61.8 Å². The molecule has 0 aromatic heterocycles. The van der Waals surface area contributed by atoms with Crippen molar-refractivity contribution >= 4 is 39.1 Å². The molecule has 0 aliphatic heterocycles. The Bertz CT molecular complexity index is 1890. The summed E-state index contributed by atoms with van der Waals surface area (Å²) in [6, 6.07) is 24.1. The second-order valence-corrected chi connectivity index (χ2v) is 14.3. The van der Waals surface area contributed by atoms with Gasteiger partial charge in [-0.2, -0.15) is 13.2 Å². The largest absolute Gasteiger partial charge is 0.497 e. The van der Waals surface area contributed by atoms with E-state index < -0.39 is 51.9 Å². The van der Waals surface area contributed by atoms with Gasteiger partial charge in [-0.25, -0.2) is 8.42 Å². The molecule has 264 valence electrons. The number of nitrogens with zero attached hydrogens (tertiary/aromatic N) is 2. The normalized spacial score (nSPS) is 14.2. The first-order valence-electron chi connectivity index (χ1n) is 16.1. The Morgan fingerprint density at radius 3 is 2.18 bits per heavy atom. The average molecular weight is 728 g/mol. The van der Waals surface area contributed by atoms with Gasteiger partial charge in [0.2, 0.25) is 11.8 Å². The van der Waals surface area contributed by atoms with Gasteiger partial charge in [0.1, 0.15) is 18.3 Å². The number of carbonyl (C=O) groups is 2. The summed E-state index contributed by atoms with van der Waals surface area (Å²) in [5.41, 5.74) is -0.352. The molecule has 2 amide bonds. The maximum Gasteiger partial charge on any atom is 0.416 e. The fraction of sp³-hybridized carbons (Fsp3) is 0.297. The van der Waals surface area contributed by atoms with Crippen molar-refractivity contribution < 1.29 is 35.9 Å². The fourth-order valence-electron chi connectivity index (χ4n) is 6.00. The molecule has 4 aromatic rings. The Morgan fingerprint density at radius 2 is 1.54 bits per heavy atom. The van der Waals surface area contributed by atoms with Gasteiger partial charge in [0, 0.05) is 19.0 Å². The first-order chi connectivity index (χ1) is 23.9. The average Bonchev–Trinajstić information content (AvgIpc) is 3.62. The first-order valence-corrected chi connectivity index (χ1v) is 17.9. The van der Waals surface area contributed by atoms with Crippen LogP contribution >= 0.6 is 11.6 Å². The summed E-state index contributed by atoms with van der Waals surface area (Å²) in [7, 11) is -3.17. The van der Waals surface area contributed by atoms with Crippen LogP contribution in [0.15, 0.2) is 108 Å². The van der Waals surface area contributed by atoms with Gasteiger partial charge in [-0.3, -0.25) is 13.9 Å². The van der Waals surface area contributed by atoms with Gasteiger partial charge in [0.25, 0.3) is 10.0 Å². The summed E-state index contributed by atoms with van der Waals surface area (Å²) >= 11 is 6.40. The summed E-state index contributed by atoms with van der Waals surface area (Å²) in [6.45, 7) is -1.09. The smallest absolute Gasteiger partial charge is 0.416 e. The van der Waals surface area contributed by atoms with Gasteiger partial charge < -0.3 is 15.0 Å². The second-order valence-electron chi connectivity index (χ2n) is 12.1. The highest BCUT2D eigenvalue weighted by atomic mass is 35.5. The lowest BCUT2D eigenvalue weighted by molar-refractivity contribution is -0.140. The lowest BCUT2D eigenvalue weighted by atomic mass is 10.0. The van der Waals surface area contributed by atoms with Crippen LogP contribution in [0.3, 0.4) is 0 Å². The van der Waals surface area contributed by atoms with E-state index in [4.69, 9.17) is 16.3 Å². The van der Waals surface area contributed by atoms with Gasteiger partial charge in [0.05, 0.1) is 28.3 Å². The summed E-state index contributed by atoms with van der Waals surface area (Å²) in [5, 5.41) is 2.77. The molecule has 8 nitrogen and oxygen atoms in total. The Kier molecular flexibility index (Phi) is 11.7. The number of rotatable bonds is 13. The minimum Gasteiger partial charge on any atom is -0.497 e. The van der Waals surface area contributed by atoms with Crippen molar-refractivity contribution in [2.75, 3.05) is 18.0 Å². The van der Waals surface area contributed by atoms with E-state index in [9.17, 15) is 31.2 Å². The van der Waals surface area contributed by atoms with E-state index in [0.29, 0.717) is 21.7 Å². The number of methoxy groups -OCH3 is 1. The van der Waals surface area contributed by atoms with Crippen molar-refractivity contribution in [2.24, 2.45) is 0 Å². The quantitative estimate of drug-likeness (QED) is 0.157. The lowest BCUT2D eigenvalue weighted by Gasteiger charge is -2.34. The van der Waals surface area contributed by atoms with Crippen LogP contribution in [-0.4, -0.2) is 50.9 Å². The van der Waals surface area contributed by atoms with E-state index in [0.717, 1.165) is 43.4 Å². The van der Waals surface area contributed by atoms with Crippen molar-refractivity contribution in [3.63, 3.8) is 0 Å². The zero-order valence-electron chi connectivity index (χ0n) is 27.3. The summed E-state index contributed by atoms with van der Waals surface area (Å²) in [4.78, 5) is 29.8. The van der Waals surface area contributed by atoms with Crippen molar-refractivity contribution in [3.05, 3.63) is 125 Å². The number of halogens is 4. The summed E-state index contributed by atoms with van der Waals surface area (Å²) in [6.07, 6.45) is -1.28. The number of hydrogen-bond acceptors (Lipinski definition) is 5. The molecular formula is C37H37ClF3N3O5S. The zero-order chi connectivity index (χ0) is 35.9. The molecule has 4 aromatic carbocycles. The molecule has 0 unspecified atom stereocenters. The molecule has 1 fully saturated rings. The predicted molar refractivity (Wildman–Crippen MR) is 185 cm³/mol. The first kappa shape index (κ1) is 36.7. The molecule has 0 radical (unpaired) electrons. The molecule has 13 heteroatoms. The summed E-state index contributed by atoms with van der Waals surface area (Å²) in [5.74, 6) is -0.760. The third-order valence-corrected chi connectivity index (χ3v) is 10.7. The topological polar surface area (TPSA) is 96.0 Å². The Morgan fingerprint density at radius 1 is 0.900 bits per heavy atom. The maximum absolute atomic E-state index is 14.7. The highest BCUT2D eigenvalue weighted by Crippen LogP contribution is 2.37. The molecule has 1 N–H and O–H groups in total. The molecule has 1 saturated carbocycles. The molecule has 1 atom stereocenters. The van der Waals surface area contributed by atoms with E-state index >= 15 is 0 Å². The fourth-order valence-corrected chi connectivity index (χ4v) is 7.72. The second kappa shape index (κ2) is 16.0. The number of hydrogen-bond donors (Lipinski definition) is 1. The van der Waals surface area contributed by atoms with Crippen LogP contribution in [0, 0.1) is 0 Å². The Labute approximate surface area is 294 Å². The molecule has 0 saturated heterocycles. The number of anilines is 1. The predicted octanol–water partition coefficient (Wildman–Crippen LogP) is 7.26. The SMILES string of the molecule is COc1cccc(CN(C(=O)CN(c2cc(C(F)(F)F)ccc2Cl)S(=O)(=O)c2ccccc2)[C@@H](Cc2ccccc2)C(=O)NC2CCCC2)c1. The van der Waals surface area contributed by atoms with E-state index in [1.807, 2.05) is 18.2 Å². The molecule has 5 rings (SSSR count). The van der Waals surface area contributed by atoms with Gasteiger partial charge in [0.15, 0.2) is 0 Å². The number of carbonyl (C=O) groups excluding carboxylic acids is 2. The lowest BCUT2D eigenvalue weighted by Crippen LogP contribution is -2.54. The van der Waals surface area contributed by atoms with E-state index in [-0.39, 0.29) is 28.9 Å². The van der Waals surface area contributed by atoms with E-state index in [1.165, 1.54) is 36.3 Å². The van der Waals surface area contributed by atoms with Crippen LogP contribution in [0.1, 0.15) is 42.4 Å².